The second-order valence-electron chi connectivity index (χ2n) is 6.06. The number of anilines is 1. The number of benzene rings is 1. The molecule has 3 aromatic rings. The van der Waals surface area contributed by atoms with E-state index in [9.17, 15) is 31.1 Å². The normalized spacial score (nSPS) is 12.4. The lowest BCUT2D eigenvalue weighted by Gasteiger charge is -2.15. The minimum Gasteiger partial charge on any atom is -0.322 e. The zero-order valence-corrected chi connectivity index (χ0v) is 14.4. The fourth-order valence-corrected chi connectivity index (χ4v) is 2.61. The Balaban J connectivity index is 2.01. The number of rotatable bonds is 2. The van der Waals surface area contributed by atoms with Crippen LogP contribution in [0.3, 0.4) is 0 Å². The van der Waals surface area contributed by atoms with Crippen molar-refractivity contribution in [3.05, 3.63) is 58.5 Å². The molecule has 0 saturated carbocycles. The van der Waals surface area contributed by atoms with Crippen molar-refractivity contribution in [1.82, 2.24) is 14.6 Å². The summed E-state index contributed by atoms with van der Waals surface area (Å²) in [5.41, 5.74) is -2.31. The van der Waals surface area contributed by atoms with Crippen LogP contribution in [-0.4, -0.2) is 20.5 Å². The lowest BCUT2D eigenvalue weighted by atomic mass is 10.1. The molecule has 0 bridgehead atoms. The molecule has 0 atom stereocenters. The zero-order valence-electron chi connectivity index (χ0n) is 14.4. The Kier molecular flexibility index (Phi) is 4.56. The molecule has 0 aliphatic carbocycles. The van der Waals surface area contributed by atoms with Gasteiger partial charge in [0.05, 0.1) is 28.1 Å². The highest BCUT2D eigenvalue weighted by atomic mass is 19.4. The molecule has 1 N–H and O–H groups in total. The van der Waals surface area contributed by atoms with Crippen molar-refractivity contribution in [3.8, 4) is 0 Å². The van der Waals surface area contributed by atoms with Crippen LogP contribution in [-0.2, 0) is 12.4 Å². The standard InChI is InChI=1S/C17H12F6N4O/c1-8-3-14-24-7-13(9(2)27(14)26-8)15(28)25-12-5-10(16(18,19)20)4-11(6-12)17(21,22)23/h3-7H,1-2H3,(H,25,28). The van der Waals surface area contributed by atoms with Gasteiger partial charge in [0.2, 0.25) is 0 Å². The predicted octanol–water partition coefficient (Wildman–Crippen LogP) is 4.64. The molecule has 2 aromatic heterocycles. The van der Waals surface area contributed by atoms with E-state index in [-0.39, 0.29) is 11.6 Å². The average Bonchev–Trinajstić information content (AvgIpc) is 2.94. The van der Waals surface area contributed by atoms with Crippen molar-refractivity contribution in [1.29, 1.82) is 0 Å². The molecule has 0 radical (unpaired) electrons. The number of nitrogens with zero attached hydrogens (tertiary/aromatic N) is 3. The van der Waals surface area contributed by atoms with Crippen LogP contribution in [0.15, 0.2) is 30.5 Å². The maximum Gasteiger partial charge on any atom is 0.416 e. The van der Waals surface area contributed by atoms with Crippen LogP contribution in [0.2, 0.25) is 0 Å². The third-order valence-corrected chi connectivity index (χ3v) is 3.94. The van der Waals surface area contributed by atoms with Crippen molar-refractivity contribution >= 4 is 17.2 Å². The van der Waals surface area contributed by atoms with Crippen molar-refractivity contribution in [2.75, 3.05) is 5.32 Å². The first-order chi connectivity index (χ1) is 12.9. The van der Waals surface area contributed by atoms with Gasteiger partial charge in [-0.2, -0.15) is 31.4 Å². The average molecular weight is 402 g/mol. The number of aromatic nitrogens is 3. The Morgan fingerprint density at radius 3 is 2.07 bits per heavy atom. The molecule has 11 heteroatoms. The number of alkyl halides is 6. The van der Waals surface area contributed by atoms with Crippen LogP contribution in [0.4, 0.5) is 32.0 Å². The molecule has 1 amide bonds. The molecule has 0 unspecified atom stereocenters. The molecule has 148 valence electrons. The Hall–Kier alpha value is -3.11. The summed E-state index contributed by atoms with van der Waals surface area (Å²) >= 11 is 0. The van der Waals surface area contributed by atoms with Gasteiger partial charge < -0.3 is 5.32 Å². The molecule has 0 fully saturated rings. The smallest absolute Gasteiger partial charge is 0.322 e. The molecule has 1 aromatic carbocycles. The fraction of sp³-hybridized carbons (Fsp3) is 0.235. The highest BCUT2D eigenvalue weighted by Crippen LogP contribution is 2.37. The minimum atomic E-state index is -5.01. The second kappa shape index (κ2) is 6.50. The summed E-state index contributed by atoms with van der Waals surface area (Å²) in [5.74, 6) is -0.910. The lowest BCUT2D eigenvalue weighted by molar-refractivity contribution is -0.143. The van der Waals surface area contributed by atoms with E-state index in [0.717, 1.165) is 0 Å². The van der Waals surface area contributed by atoms with Crippen LogP contribution in [0.5, 0.6) is 0 Å². The van der Waals surface area contributed by atoms with E-state index in [1.54, 1.807) is 13.0 Å². The van der Waals surface area contributed by atoms with Gasteiger partial charge in [-0.25, -0.2) is 9.50 Å². The Morgan fingerprint density at radius 2 is 1.54 bits per heavy atom. The summed E-state index contributed by atoms with van der Waals surface area (Å²) < 4.78 is 79.0. The maximum atomic E-state index is 12.9. The van der Waals surface area contributed by atoms with Gasteiger partial charge in [-0.3, -0.25) is 4.79 Å². The molecular weight excluding hydrogens is 390 g/mol. The number of nitrogens with one attached hydrogen (secondary N) is 1. The van der Waals surface area contributed by atoms with Crippen molar-refractivity contribution in [3.63, 3.8) is 0 Å². The molecule has 5 nitrogen and oxygen atoms in total. The van der Waals surface area contributed by atoms with Crippen LogP contribution < -0.4 is 5.32 Å². The van der Waals surface area contributed by atoms with E-state index in [1.807, 2.05) is 0 Å². The summed E-state index contributed by atoms with van der Waals surface area (Å²) in [7, 11) is 0. The number of aryl methyl sites for hydroxylation is 2. The number of halogens is 6. The van der Waals surface area contributed by atoms with Gasteiger partial charge in [0.15, 0.2) is 5.65 Å². The van der Waals surface area contributed by atoms with Gasteiger partial charge in [0.1, 0.15) is 0 Å². The van der Waals surface area contributed by atoms with E-state index in [0.29, 0.717) is 29.2 Å². The van der Waals surface area contributed by atoms with Crippen LogP contribution in [0.25, 0.3) is 5.65 Å². The van der Waals surface area contributed by atoms with Crippen molar-refractivity contribution in [2.45, 2.75) is 26.2 Å². The van der Waals surface area contributed by atoms with Crippen molar-refractivity contribution in [2.24, 2.45) is 0 Å². The topological polar surface area (TPSA) is 59.3 Å². The Morgan fingerprint density at radius 1 is 0.964 bits per heavy atom. The first-order valence-electron chi connectivity index (χ1n) is 7.79. The van der Waals surface area contributed by atoms with Gasteiger partial charge in [0, 0.05) is 18.0 Å². The van der Waals surface area contributed by atoms with E-state index >= 15 is 0 Å². The van der Waals surface area contributed by atoms with Gasteiger partial charge in [-0.1, -0.05) is 0 Å². The van der Waals surface area contributed by atoms with E-state index < -0.39 is 35.1 Å². The van der Waals surface area contributed by atoms with E-state index in [4.69, 9.17) is 0 Å². The highest BCUT2D eigenvalue weighted by Gasteiger charge is 2.37. The third kappa shape index (κ3) is 3.78. The number of hydrogen-bond donors (Lipinski definition) is 1. The summed E-state index contributed by atoms with van der Waals surface area (Å²) in [6, 6.07) is 2.51. The maximum absolute atomic E-state index is 12.9. The summed E-state index contributed by atoms with van der Waals surface area (Å²) in [6.07, 6.45) is -8.84. The predicted molar refractivity (Wildman–Crippen MR) is 86.9 cm³/mol. The second-order valence-corrected chi connectivity index (χ2v) is 6.06. The van der Waals surface area contributed by atoms with Gasteiger partial charge in [0.25, 0.3) is 5.91 Å². The van der Waals surface area contributed by atoms with Crippen molar-refractivity contribution < 1.29 is 31.1 Å². The van der Waals surface area contributed by atoms with Crippen LogP contribution in [0.1, 0.15) is 32.9 Å². The van der Waals surface area contributed by atoms with Gasteiger partial charge in [-0.15, -0.1) is 0 Å². The Bertz CT molecular complexity index is 1040. The number of hydrogen-bond acceptors (Lipinski definition) is 3. The summed E-state index contributed by atoms with van der Waals surface area (Å²) in [6.45, 7) is 3.23. The van der Waals surface area contributed by atoms with Crippen LogP contribution in [0, 0.1) is 13.8 Å². The first kappa shape index (κ1) is 19.6. The number of amides is 1. The zero-order chi connectivity index (χ0) is 20.9. The van der Waals surface area contributed by atoms with Gasteiger partial charge in [-0.05, 0) is 32.0 Å². The molecular formula is C17H12F6N4O. The van der Waals surface area contributed by atoms with E-state index in [1.165, 1.54) is 17.6 Å². The third-order valence-electron chi connectivity index (χ3n) is 3.94. The SMILES string of the molecule is Cc1cc2ncc(C(=O)Nc3cc(C(F)(F)F)cc(C(F)(F)F)c3)c(C)n2n1. The molecule has 0 aliphatic rings. The van der Waals surface area contributed by atoms with Gasteiger partial charge >= 0.3 is 12.4 Å². The molecule has 0 aliphatic heterocycles. The number of carbonyl (C=O) groups excluding carboxylic acids is 1. The molecule has 3 rings (SSSR count). The minimum absolute atomic E-state index is 0.0129. The summed E-state index contributed by atoms with van der Waals surface area (Å²) in [4.78, 5) is 16.5. The quantitative estimate of drug-likeness (QED) is 0.636. The molecule has 28 heavy (non-hydrogen) atoms. The monoisotopic (exact) mass is 402 g/mol. The Labute approximate surface area is 154 Å². The first-order valence-corrected chi connectivity index (χ1v) is 7.79. The van der Waals surface area contributed by atoms with E-state index in [2.05, 4.69) is 15.4 Å². The highest BCUT2D eigenvalue weighted by molar-refractivity contribution is 6.05. The molecule has 2 heterocycles. The largest absolute Gasteiger partial charge is 0.416 e. The fourth-order valence-electron chi connectivity index (χ4n) is 2.61. The summed E-state index contributed by atoms with van der Waals surface area (Å²) in [5, 5.41) is 6.21. The number of fused-ring (bicyclic) bond motifs is 1. The molecule has 0 spiro atoms. The molecule has 0 saturated heterocycles. The van der Waals surface area contributed by atoms with Crippen LogP contribution >= 0.6 is 0 Å². The number of carbonyl (C=O) groups is 1. The lowest BCUT2D eigenvalue weighted by Crippen LogP contribution is -2.18.